The highest BCUT2D eigenvalue weighted by molar-refractivity contribution is 7.87. The van der Waals surface area contributed by atoms with Gasteiger partial charge in [0.2, 0.25) is 0 Å². The van der Waals surface area contributed by atoms with Gasteiger partial charge in [-0.15, -0.1) is 6.58 Å². The van der Waals surface area contributed by atoms with E-state index in [4.69, 9.17) is 5.11 Å². The van der Waals surface area contributed by atoms with Gasteiger partial charge in [-0.3, -0.25) is 0 Å². The van der Waals surface area contributed by atoms with Crippen LogP contribution in [0.2, 0.25) is 0 Å². The van der Waals surface area contributed by atoms with E-state index in [1.807, 2.05) is 0 Å². The third kappa shape index (κ3) is 4.36. The molecule has 0 radical (unpaired) electrons. The van der Waals surface area contributed by atoms with Gasteiger partial charge in [-0.2, -0.15) is 8.42 Å². The summed E-state index contributed by atoms with van der Waals surface area (Å²) in [6.07, 6.45) is 2.13. The summed E-state index contributed by atoms with van der Waals surface area (Å²) in [6.45, 7) is 3.40. The van der Waals surface area contributed by atoms with Gasteiger partial charge < -0.3 is 9.29 Å². The number of hydrogen-bond donors (Lipinski definition) is 1. The summed E-state index contributed by atoms with van der Waals surface area (Å²) < 4.78 is 28.2. The lowest BCUT2D eigenvalue weighted by atomic mass is 10.1. The van der Waals surface area contributed by atoms with Crippen molar-refractivity contribution in [1.82, 2.24) is 0 Å². The molecule has 6 nitrogen and oxygen atoms in total. The van der Waals surface area contributed by atoms with Gasteiger partial charge in [-0.1, -0.05) is 36.4 Å². The van der Waals surface area contributed by atoms with Gasteiger partial charge in [0, 0.05) is 12.2 Å². The van der Waals surface area contributed by atoms with Crippen LogP contribution >= 0.6 is 0 Å². The quantitative estimate of drug-likeness (QED) is 0.484. The maximum atomic E-state index is 11.9. The Morgan fingerprint density at radius 1 is 1.20 bits per heavy atom. The molecule has 0 amide bonds. The Bertz CT molecular complexity index is 630. The monoisotopic (exact) mass is 296 g/mol. The van der Waals surface area contributed by atoms with Crippen LogP contribution in [-0.2, 0) is 23.9 Å². The molecule has 1 aromatic rings. The van der Waals surface area contributed by atoms with Crippen molar-refractivity contribution in [1.29, 1.82) is 0 Å². The zero-order chi connectivity index (χ0) is 15.2. The SMILES string of the molecule is C=CC(c1ccccc1)S(=O)(=O)OC(=O)/C=C\C(=O)O. The molecule has 0 saturated heterocycles. The van der Waals surface area contributed by atoms with Crippen LogP contribution in [0.15, 0.2) is 55.1 Å². The minimum absolute atomic E-state index is 0.387. The molecular formula is C13H12O6S. The van der Waals surface area contributed by atoms with Gasteiger partial charge in [-0.25, -0.2) is 9.59 Å². The Morgan fingerprint density at radius 2 is 1.80 bits per heavy atom. The van der Waals surface area contributed by atoms with Crippen LogP contribution in [0.25, 0.3) is 0 Å². The number of carbonyl (C=O) groups excluding carboxylic acids is 1. The van der Waals surface area contributed by atoms with Gasteiger partial charge >= 0.3 is 22.1 Å². The van der Waals surface area contributed by atoms with E-state index in [-0.39, 0.29) is 0 Å². The molecule has 0 fully saturated rings. The molecule has 1 rings (SSSR count). The highest BCUT2D eigenvalue weighted by Crippen LogP contribution is 2.24. The second-order valence-electron chi connectivity index (χ2n) is 3.63. The molecule has 1 atom stereocenters. The second kappa shape index (κ2) is 6.67. The molecule has 0 aliphatic carbocycles. The number of carboxylic acid groups (broad SMARTS) is 1. The summed E-state index contributed by atoms with van der Waals surface area (Å²) in [6, 6.07) is 8.06. The fraction of sp³-hybridized carbons (Fsp3) is 0.0769. The molecule has 0 heterocycles. The van der Waals surface area contributed by atoms with Crippen molar-refractivity contribution in [2.75, 3.05) is 0 Å². The summed E-state index contributed by atoms with van der Waals surface area (Å²) in [5.41, 5.74) is 0.387. The maximum absolute atomic E-state index is 11.9. The number of hydrogen-bond acceptors (Lipinski definition) is 5. The molecule has 0 bridgehead atoms. The van der Waals surface area contributed by atoms with Crippen LogP contribution in [-0.4, -0.2) is 25.5 Å². The fourth-order valence-corrected chi connectivity index (χ4v) is 2.51. The first-order valence-corrected chi connectivity index (χ1v) is 6.89. The summed E-state index contributed by atoms with van der Waals surface area (Å²) in [5, 5.41) is 7.12. The predicted octanol–water partition coefficient (Wildman–Crippen LogP) is 1.43. The number of carbonyl (C=O) groups is 2. The number of carboxylic acids is 1. The second-order valence-corrected chi connectivity index (χ2v) is 5.29. The lowest BCUT2D eigenvalue weighted by Gasteiger charge is -2.12. The number of rotatable bonds is 6. The van der Waals surface area contributed by atoms with Crippen molar-refractivity contribution in [2.24, 2.45) is 0 Å². The third-order valence-electron chi connectivity index (χ3n) is 2.21. The van der Waals surface area contributed by atoms with Gasteiger partial charge in [0.1, 0.15) is 5.25 Å². The smallest absolute Gasteiger partial charge is 0.346 e. The van der Waals surface area contributed by atoms with Crippen molar-refractivity contribution in [3.05, 3.63) is 60.7 Å². The van der Waals surface area contributed by atoms with Crippen molar-refractivity contribution in [2.45, 2.75) is 5.25 Å². The summed E-state index contributed by atoms with van der Waals surface area (Å²) in [5.74, 6) is -2.67. The van der Waals surface area contributed by atoms with E-state index in [9.17, 15) is 18.0 Å². The zero-order valence-corrected chi connectivity index (χ0v) is 11.1. The highest BCUT2D eigenvalue weighted by atomic mass is 32.2. The molecule has 7 heteroatoms. The van der Waals surface area contributed by atoms with Crippen LogP contribution in [0, 0.1) is 0 Å². The van der Waals surface area contributed by atoms with Gasteiger partial charge in [0.05, 0.1) is 0 Å². The number of aliphatic carboxylic acids is 1. The summed E-state index contributed by atoms with van der Waals surface area (Å²) in [4.78, 5) is 21.4. The van der Waals surface area contributed by atoms with E-state index in [0.29, 0.717) is 17.7 Å². The highest BCUT2D eigenvalue weighted by Gasteiger charge is 2.27. The van der Waals surface area contributed by atoms with Gasteiger partial charge in [0.15, 0.2) is 0 Å². The van der Waals surface area contributed by atoms with E-state index in [1.165, 1.54) is 0 Å². The van der Waals surface area contributed by atoms with Crippen LogP contribution in [0.4, 0.5) is 0 Å². The van der Waals surface area contributed by atoms with Crippen molar-refractivity contribution < 1.29 is 27.3 Å². The molecule has 1 aromatic carbocycles. The van der Waals surface area contributed by atoms with Crippen LogP contribution in [0.1, 0.15) is 10.8 Å². The lowest BCUT2D eigenvalue weighted by molar-refractivity contribution is -0.133. The Labute approximate surface area is 116 Å². The fourth-order valence-electron chi connectivity index (χ4n) is 1.40. The zero-order valence-electron chi connectivity index (χ0n) is 10.3. The van der Waals surface area contributed by atoms with E-state index in [2.05, 4.69) is 10.8 Å². The van der Waals surface area contributed by atoms with Crippen molar-refractivity contribution in [3.63, 3.8) is 0 Å². The van der Waals surface area contributed by atoms with E-state index in [1.54, 1.807) is 30.3 Å². The average Bonchev–Trinajstić information content (AvgIpc) is 2.37. The standard InChI is InChI=1S/C13H12O6S/c1-2-11(10-6-4-3-5-7-10)20(17,18)19-13(16)9-8-12(14)15/h2-9,11H,1H2,(H,14,15)/b9-8-. The van der Waals surface area contributed by atoms with Crippen molar-refractivity contribution in [3.8, 4) is 0 Å². The Morgan fingerprint density at radius 3 is 2.30 bits per heavy atom. The van der Waals surface area contributed by atoms with E-state index >= 15 is 0 Å². The van der Waals surface area contributed by atoms with Crippen LogP contribution in [0.5, 0.6) is 0 Å². The first-order chi connectivity index (χ1) is 9.36. The minimum atomic E-state index is -4.28. The maximum Gasteiger partial charge on any atom is 0.346 e. The first-order valence-electron chi connectivity index (χ1n) is 5.42. The molecule has 20 heavy (non-hydrogen) atoms. The predicted molar refractivity (Wildman–Crippen MR) is 71.2 cm³/mol. The van der Waals surface area contributed by atoms with E-state index in [0.717, 1.165) is 6.08 Å². The Balaban J connectivity index is 2.95. The van der Waals surface area contributed by atoms with Crippen LogP contribution < -0.4 is 0 Å². The van der Waals surface area contributed by atoms with Gasteiger partial charge in [-0.05, 0) is 5.56 Å². The van der Waals surface area contributed by atoms with Gasteiger partial charge in [0.25, 0.3) is 0 Å². The molecule has 1 N–H and O–H groups in total. The van der Waals surface area contributed by atoms with Crippen LogP contribution in [0.3, 0.4) is 0 Å². The molecule has 0 aliphatic rings. The summed E-state index contributed by atoms with van der Waals surface area (Å²) in [7, 11) is -4.28. The third-order valence-corrected chi connectivity index (χ3v) is 3.70. The molecule has 0 aliphatic heterocycles. The topological polar surface area (TPSA) is 97.7 Å². The van der Waals surface area contributed by atoms with Crippen molar-refractivity contribution >= 4 is 22.1 Å². The number of benzene rings is 1. The minimum Gasteiger partial charge on any atom is -0.478 e. The first kappa shape index (κ1) is 15.6. The Hall–Kier alpha value is -2.41. The lowest BCUT2D eigenvalue weighted by Crippen LogP contribution is -2.18. The molecule has 106 valence electrons. The molecule has 1 unspecified atom stereocenters. The largest absolute Gasteiger partial charge is 0.478 e. The molecule has 0 saturated carbocycles. The normalized spacial score (nSPS) is 12.8. The molecular weight excluding hydrogens is 284 g/mol. The molecule has 0 aromatic heterocycles. The molecule has 0 spiro atoms. The average molecular weight is 296 g/mol. The Kier molecular flexibility index (Phi) is 5.22. The summed E-state index contributed by atoms with van der Waals surface area (Å²) >= 11 is 0. The van der Waals surface area contributed by atoms with E-state index < -0.39 is 27.3 Å².